The van der Waals surface area contributed by atoms with Crippen molar-refractivity contribution < 1.29 is 12.8 Å². The van der Waals surface area contributed by atoms with Gasteiger partial charge in [0.15, 0.2) is 0 Å². The minimum Gasteiger partial charge on any atom is -0.398 e. The van der Waals surface area contributed by atoms with Crippen LogP contribution in [0.2, 0.25) is 0 Å². The van der Waals surface area contributed by atoms with E-state index in [2.05, 4.69) is 18.6 Å². The SMILES string of the molecule is CC1CCCC(NS(=O)(=O)c2ccc(F)cc2N)C1C. The summed E-state index contributed by atoms with van der Waals surface area (Å²) in [5.41, 5.74) is 5.55. The molecule has 0 heterocycles. The fraction of sp³-hybridized carbons (Fsp3) is 0.571. The molecule has 3 unspecified atom stereocenters. The lowest BCUT2D eigenvalue weighted by molar-refractivity contribution is 0.227. The number of nitrogen functional groups attached to an aromatic ring is 1. The summed E-state index contributed by atoms with van der Waals surface area (Å²) in [5, 5.41) is 0. The van der Waals surface area contributed by atoms with E-state index < -0.39 is 15.8 Å². The van der Waals surface area contributed by atoms with Gasteiger partial charge in [0.05, 0.1) is 5.69 Å². The first-order chi connectivity index (χ1) is 9.31. The fourth-order valence-electron chi connectivity index (χ4n) is 2.78. The standard InChI is InChI=1S/C14H21FN2O2S/c1-9-4-3-5-13(10(9)2)17-20(18,19)14-7-6-11(15)8-12(14)16/h6-10,13,17H,3-5,16H2,1-2H3. The van der Waals surface area contributed by atoms with Crippen molar-refractivity contribution in [3.05, 3.63) is 24.0 Å². The van der Waals surface area contributed by atoms with Crippen LogP contribution in [0.1, 0.15) is 33.1 Å². The zero-order valence-electron chi connectivity index (χ0n) is 11.8. The Morgan fingerprint density at radius 3 is 2.65 bits per heavy atom. The molecule has 1 saturated carbocycles. The Balaban J connectivity index is 2.22. The lowest BCUT2D eigenvalue weighted by atomic mass is 9.78. The summed E-state index contributed by atoms with van der Waals surface area (Å²) in [4.78, 5) is -0.0515. The Morgan fingerprint density at radius 2 is 2.00 bits per heavy atom. The minimum atomic E-state index is -3.71. The molecule has 1 fully saturated rings. The van der Waals surface area contributed by atoms with Gasteiger partial charge in [-0.3, -0.25) is 0 Å². The highest BCUT2D eigenvalue weighted by molar-refractivity contribution is 7.89. The van der Waals surface area contributed by atoms with Gasteiger partial charge in [-0.1, -0.05) is 26.7 Å². The average molecular weight is 300 g/mol. The highest BCUT2D eigenvalue weighted by Gasteiger charge is 2.31. The fourth-order valence-corrected chi connectivity index (χ4v) is 4.25. The van der Waals surface area contributed by atoms with Gasteiger partial charge in [0, 0.05) is 6.04 Å². The Labute approximate surface area is 119 Å². The van der Waals surface area contributed by atoms with Crippen molar-refractivity contribution in [1.82, 2.24) is 4.72 Å². The summed E-state index contributed by atoms with van der Waals surface area (Å²) in [5.74, 6) is 0.225. The number of rotatable bonds is 3. The monoisotopic (exact) mass is 300 g/mol. The van der Waals surface area contributed by atoms with Crippen LogP contribution in [-0.4, -0.2) is 14.5 Å². The van der Waals surface area contributed by atoms with Gasteiger partial charge in [0.25, 0.3) is 0 Å². The Bertz CT molecular complexity index is 589. The van der Waals surface area contributed by atoms with E-state index in [1.54, 1.807) is 0 Å². The van der Waals surface area contributed by atoms with Gasteiger partial charge in [-0.05, 0) is 36.5 Å². The van der Waals surface area contributed by atoms with Crippen molar-refractivity contribution in [3.63, 3.8) is 0 Å². The third kappa shape index (κ3) is 3.12. The van der Waals surface area contributed by atoms with Gasteiger partial charge >= 0.3 is 0 Å². The van der Waals surface area contributed by atoms with E-state index in [9.17, 15) is 12.8 Å². The Hall–Kier alpha value is -1.14. The predicted molar refractivity (Wildman–Crippen MR) is 77.1 cm³/mol. The second-order valence-corrected chi connectivity index (χ2v) is 7.36. The third-order valence-corrected chi connectivity index (χ3v) is 5.84. The van der Waals surface area contributed by atoms with E-state index in [1.165, 1.54) is 6.07 Å². The Kier molecular flexibility index (Phi) is 4.34. The third-order valence-electron chi connectivity index (χ3n) is 4.27. The van der Waals surface area contributed by atoms with Crippen LogP contribution in [0.3, 0.4) is 0 Å². The van der Waals surface area contributed by atoms with Gasteiger partial charge in [-0.15, -0.1) is 0 Å². The number of sulfonamides is 1. The molecule has 1 aromatic carbocycles. The van der Waals surface area contributed by atoms with Crippen LogP contribution < -0.4 is 10.5 Å². The molecule has 1 aliphatic carbocycles. The summed E-state index contributed by atoms with van der Waals surface area (Å²) in [7, 11) is -3.71. The number of anilines is 1. The molecule has 0 saturated heterocycles. The molecule has 0 aliphatic heterocycles. The Morgan fingerprint density at radius 1 is 1.30 bits per heavy atom. The van der Waals surface area contributed by atoms with E-state index >= 15 is 0 Å². The molecule has 1 aliphatic rings. The lowest BCUT2D eigenvalue weighted by Gasteiger charge is -2.34. The quantitative estimate of drug-likeness (QED) is 0.843. The molecule has 112 valence electrons. The normalized spacial score (nSPS) is 27.4. The molecule has 3 atom stereocenters. The number of nitrogens with one attached hydrogen (secondary N) is 1. The number of hydrogen-bond acceptors (Lipinski definition) is 3. The molecule has 0 radical (unpaired) electrons. The van der Waals surface area contributed by atoms with Crippen LogP contribution in [0.5, 0.6) is 0 Å². The average Bonchev–Trinajstić information content (AvgIpc) is 2.34. The number of nitrogens with two attached hydrogens (primary N) is 1. The van der Waals surface area contributed by atoms with Crippen LogP contribution in [0.4, 0.5) is 10.1 Å². The van der Waals surface area contributed by atoms with Crippen LogP contribution >= 0.6 is 0 Å². The molecule has 3 N–H and O–H groups in total. The highest BCUT2D eigenvalue weighted by atomic mass is 32.2. The molecule has 4 nitrogen and oxygen atoms in total. The van der Waals surface area contributed by atoms with Crippen LogP contribution in [0.25, 0.3) is 0 Å². The van der Waals surface area contributed by atoms with Crippen molar-refractivity contribution >= 4 is 15.7 Å². The maximum atomic E-state index is 13.0. The predicted octanol–water partition coefficient (Wildman–Crippen LogP) is 2.51. The van der Waals surface area contributed by atoms with E-state index in [1.807, 2.05) is 0 Å². The van der Waals surface area contributed by atoms with Crippen LogP contribution in [0.15, 0.2) is 23.1 Å². The van der Waals surface area contributed by atoms with Crippen LogP contribution in [0, 0.1) is 17.7 Å². The minimum absolute atomic E-state index is 0.0515. The second-order valence-electron chi connectivity index (χ2n) is 5.68. The van der Waals surface area contributed by atoms with Crippen molar-refractivity contribution in [2.75, 3.05) is 5.73 Å². The van der Waals surface area contributed by atoms with E-state index in [4.69, 9.17) is 5.73 Å². The molecule has 0 aromatic heterocycles. The number of halogens is 1. The summed E-state index contributed by atoms with van der Waals surface area (Å²) in [6.45, 7) is 4.20. The summed E-state index contributed by atoms with van der Waals surface area (Å²) < 4.78 is 40.5. The molecule has 0 spiro atoms. The van der Waals surface area contributed by atoms with Crippen molar-refractivity contribution in [1.29, 1.82) is 0 Å². The largest absolute Gasteiger partial charge is 0.398 e. The van der Waals surface area contributed by atoms with Gasteiger partial charge in [-0.25, -0.2) is 17.5 Å². The van der Waals surface area contributed by atoms with Gasteiger partial charge in [0.2, 0.25) is 10.0 Å². The molecular formula is C14H21FN2O2S. The molecule has 20 heavy (non-hydrogen) atoms. The topological polar surface area (TPSA) is 72.2 Å². The van der Waals surface area contributed by atoms with Crippen molar-refractivity contribution in [3.8, 4) is 0 Å². The zero-order valence-corrected chi connectivity index (χ0v) is 12.6. The first kappa shape index (κ1) is 15.3. The molecule has 0 bridgehead atoms. The molecular weight excluding hydrogens is 279 g/mol. The first-order valence-electron chi connectivity index (χ1n) is 6.88. The van der Waals surface area contributed by atoms with Gasteiger partial charge < -0.3 is 5.73 Å². The second kappa shape index (κ2) is 5.69. The van der Waals surface area contributed by atoms with E-state index in [0.717, 1.165) is 31.4 Å². The van der Waals surface area contributed by atoms with Gasteiger partial charge in [0.1, 0.15) is 10.7 Å². The highest BCUT2D eigenvalue weighted by Crippen LogP contribution is 2.31. The lowest BCUT2D eigenvalue weighted by Crippen LogP contribution is -2.43. The molecule has 1 aromatic rings. The molecule has 0 amide bonds. The summed E-state index contributed by atoms with van der Waals surface area (Å²) in [6, 6.07) is 3.26. The molecule has 6 heteroatoms. The smallest absolute Gasteiger partial charge is 0.242 e. The first-order valence-corrected chi connectivity index (χ1v) is 8.37. The molecule has 2 rings (SSSR count). The number of hydrogen-bond donors (Lipinski definition) is 2. The van der Waals surface area contributed by atoms with Crippen molar-refractivity contribution in [2.24, 2.45) is 11.8 Å². The number of benzene rings is 1. The van der Waals surface area contributed by atoms with E-state index in [-0.39, 0.29) is 22.5 Å². The van der Waals surface area contributed by atoms with E-state index in [0.29, 0.717) is 5.92 Å². The van der Waals surface area contributed by atoms with Crippen molar-refractivity contribution in [2.45, 2.75) is 44.0 Å². The maximum absolute atomic E-state index is 13.0. The van der Waals surface area contributed by atoms with Crippen LogP contribution in [-0.2, 0) is 10.0 Å². The maximum Gasteiger partial charge on any atom is 0.242 e. The summed E-state index contributed by atoms with van der Waals surface area (Å²) >= 11 is 0. The zero-order chi connectivity index (χ0) is 14.9. The summed E-state index contributed by atoms with van der Waals surface area (Å²) in [6.07, 6.45) is 2.96. The van der Waals surface area contributed by atoms with Gasteiger partial charge in [-0.2, -0.15) is 0 Å².